The molecule has 2 aromatic rings. The van der Waals surface area contributed by atoms with Crippen molar-refractivity contribution in [3.63, 3.8) is 0 Å². The molecule has 0 heterocycles. The normalized spacial score (nSPS) is 11.9. The number of nitrogens with one attached hydrogen (secondary N) is 1. The molecule has 4 heteroatoms. The Morgan fingerprint density at radius 2 is 1.79 bits per heavy atom. The molecule has 0 fully saturated rings. The fraction of sp³-hybridized carbons (Fsp3) is 0.133. The van der Waals surface area contributed by atoms with Crippen molar-refractivity contribution in [2.75, 3.05) is 0 Å². The summed E-state index contributed by atoms with van der Waals surface area (Å²) in [6.07, 6.45) is 0. The standard InChI is InChI=1S/C15H14FNO2/c1-10(11-6-2-4-8-13(11)16)17-15(19)12-7-3-5-9-14(12)18/h2-10,18H,1H3,(H,17,19). The largest absolute Gasteiger partial charge is 0.507 e. The first-order chi connectivity index (χ1) is 9.09. The van der Waals surface area contributed by atoms with Gasteiger partial charge in [-0.25, -0.2) is 4.39 Å². The number of benzene rings is 2. The third-order valence-corrected chi connectivity index (χ3v) is 2.87. The lowest BCUT2D eigenvalue weighted by molar-refractivity contribution is 0.0936. The summed E-state index contributed by atoms with van der Waals surface area (Å²) in [7, 11) is 0. The Bertz CT molecular complexity index is 598. The van der Waals surface area contributed by atoms with Crippen molar-refractivity contribution in [1.29, 1.82) is 0 Å². The Morgan fingerprint density at radius 3 is 2.47 bits per heavy atom. The van der Waals surface area contributed by atoms with Gasteiger partial charge in [0.25, 0.3) is 5.91 Å². The fourth-order valence-electron chi connectivity index (χ4n) is 1.84. The molecule has 1 atom stereocenters. The summed E-state index contributed by atoms with van der Waals surface area (Å²) in [5.41, 5.74) is 0.581. The van der Waals surface area contributed by atoms with E-state index in [-0.39, 0.29) is 17.1 Å². The Hall–Kier alpha value is -2.36. The van der Waals surface area contributed by atoms with Crippen LogP contribution in [-0.4, -0.2) is 11.0 Å². The van der Waals surface area contributed by atoms with Crippen LogP contribution in [0.2, 0.25) is 0 Å². The fourth-order valence-corrected chi connectivity index (χ4v) is 1.84. The van der Waals surface area contributed by atoms with Crippen molar-refractivity contribution in [2.45, 2.75) is 13.0 Å². The highest BCUT2D eigenvalue weighted by Gasteiger charge is 2.16. The van der Waals surface area contributed by atoms with Gasteiger partial charge in [0.2, 0.25) is 0 Å². The summed E-state index contributed by atoms with van der Waals surface area (Å²) in [4.78, 5) is 12.0. The smallest absolute Gasteiger partial charge is 0.255 e. The van der Waals surface area contributed by atoms with Crippen LogP contribution in [0.5, 0.6) is 5.75 Å². The summed E-state index contributed by atoms with van der Waals surface area (Å²) in [5.74, 6) is -0.901. The van der Waals surface area contributed by atoms with Crippen molar-refractivity contribution in [2.24, 2.45) is 0 Å². The predicted octanol–water partition coefficient (Wildman–Crippen LogP) is 3.02. The molecule has 98 valence electrons. The molecule has 0 saturated heterocycles. The number of hydrogen-bond acceptors (Lipinski definition) is 2. The number of amides is 1. The van der Waals surface area contributed by atoms with Crippen LogP contribution >= 0.6 is 0 Å². The van der Waals surface area contributed by atoms with E-state index in [1.54, 1.807) is 37.3 Å². The van der Waals surface area contributed by atoms with Crippen LogP contribution in [0.25, 0.3) is 0 Å². The number of para-hydroxylation sites is 1. The zero-order valence-electron chi connectivity index (χ0n) is 10.4. The number of hydrogen-bond donors (Lipinski definition) is 2. The van der Waals surface area contributed by atoms with Crippen molar-refractivity contribution >= 4 is 5.91 Å². The van der Waals surface area contributed by atoms with Crippen molar-refractivity contribution in [3.8, 4) is 5.75 Å². The Balaban J connectivity index is 2.16. The molecule has 1 amide bonds. The van der Waals surface area contributed by atoms with E-state index in [0.717, 1.165) is 0 Å². The molecule has 2 rings (SSSR count). The van der Waals surface area contributed by atoms with Crippen LogP contribution in [0.15, 0.2) is 48.5 Å². The second-order valence-electron chi connectivity index (χ2n) is 4.23. The molecule has 2 N–H and O–H groups in total. The van der Waals surface area contributed by atoms with Gasteiger partial charge >= 0.3 is 0 Å². The summed E-state index contributed by atoms with van der Waals surface area (Å²) in [6.45, 7) is 1.69. The molecule has 2 aromatic carbocycles. The minimum atomic E-state index is -0.478. The van der Waals surface area contributed by atoms with E-state index in [1.807, 2.05) is 0 Å². The second kappa shape index (κ2) is 5.52. The van der Waals surface area contributed by atoms with Crippen LogP contribution in [0, 0.1) is 5.82 Å². The summed E-state index contributed by atoms with van der Waals surface area (Å²) in [5, 5.41) is 12.2. The topological polar surface area (TPSA) is 49.3 Å². The van der Waals surface area contributed by atoms with Crippen LogP contribution in [0.4, 0.5) is 4.39 Å². The first-order valence-electron chi connectivity index (χ1n) is 5.93. The van der Waals surface area contributed by atoms with E-state index in [9.17, 15) is 14.3 Å². The third-order valence-electron chi connectivity index (χ3n) is 2.87. The van der Waals surface area contributed by atoms with E-state index >= 15 is 0 Å². The number of phenols is 1. The highest BCUT2D eigenvalue weighted by atomic mass is 19.1. The molecule has 0 spiro atoms. The molecule has 0 bridgehead atoms. The molecule has 0 saturated carbocycles. The molecule has 3 nitrogen and oxygen atoms in total. The first kappa shape index (κ1) is 13.1. The van der Waals surface area contributed by atoms with Crippen molar-refractivity contribution in [3.05, 3.63) is 65.5 Å². The molecular weight excluding hydrogens is 245 g/mol. The van der Waals surface area contributed by atoms with Gasteiger partial charge in [-0.2, -0.15) is 0 Å². The van der Waals surface area contributed by atoms with Gasteiger partial charge in [0.15, 0.2) is 0 Å². The van der Waals surface area contributed by atoms with Crippen LogP contribution in [0.3, 0.4) is 0 Å². The maximum Gasteiger partial charge on any atom is 0.255 e. The third kappa shape index (κ3) is 2.91. The molecule has 1 unspecified atom stereocenters. The molecule has 0 aromatic heterocycles. The lowest BCUT2D eigenvalue weighted by Crippen LogP contribution is -2.27. The number of rotatable bonds is 3. The van der Waals surface area contributed by atoms with E-state index in [4.69, 9.17) is 0 Å². The molecule has 19 heavy (non-hydrogen) atoms. The van der Waals surface area contributed by atoms with Gasteiger partial charge in [-0.05, 0) is 25.1 Å². The SMILES string of the molecule is CC(NC(=O)c1ccccc1O)c1ccccc1F. The molecule has 0 aliphatic heterocycles. The molecule has 0 radical (unpaired) electrons. The number of carbonyl (C=O) groups excluding carboxylic acids is 1. The van der Waals surface area contributed by atoms with Crippen LogP contribution in [-0.2, 0) is 0 Å². The second-order valence-corrected chi connectivity index (χ2v) is 4.23. The number of phenolic OH excluding ortho intramolecular Hbond substituents is 1. The average Bonchev–Trinajstić information content (AvgIpc) is 2.39. The van der Waals surface area contributed by atoms with Gasteiger partial charge in [0.05, 0.1) is 11.6 Å². The van der Waals surface area contributed by atoms with E-state index in [1.165, 1.54) is 18.2 Å². The summed E-state index contributed by atoms with van der Waals surface area (Å²) < 4.78 is 13.6. The average molecular weight is 259 g/mol. The van der Waals surface area contributed by atoms with E-state index < -0.39 is 11.9 Å². The maximum atomic E-state index is 13.6. The van der Waals surface area contributed by atoms with Gasteiger partial charge in [0.1, 0.15) is 11.6 Å². The maximum absolute atomic E-state index is 13.6. The highest BCUT2D eigenvalue weighted by Crippen LogP contribution is 2.19. The number of aromatic hydroxyl groups is 1. The van der Waals surface area contributed by atoms with Crippen LogP contribution in [0.1, 0.15) is 28.9 Å². The van der Waals surface area contributed by atoms with Gasteiger partial charge in [-0.15, -0.1) is 0 Å². The zero-order chi connectivity index (χ0) is 13.8. The van der Waals surface area contributed by atoms with Gasteiger partial charge in [-0.1, -0.05) is 30.3 Å². The molecule has 0 aliphatic rings. The van der Waals surface area contributed by atoms with Crippen molar-refractivity contribution in [1.82, 2.24) is 5.32 Å². The number of halogens is 1. The van der Waals surface area contributed by atoms with Gasteiger partial charge in [-0.3, -0.25) is 4.79 Å². The number of carbonyl (C=O) groups is 1. The zero-order valence-corrected chi connectivity index (χ0v) is 10.4. The minimum absolute atomic E-state index is 0.0965. The van der Waals surface area contributed by atoms with E-state index in [0.29, 0.717) is 5.56 Å². The highest BCUT2D eigenvalue weighted by molar-refractivity contribution is 5.96. The first-order valence-corrected chi connectivity index (χ1v) is 5.93. The quantitative estimate of drug-likeness (QED) is 0.890. The van der Waals surface area contributed by atoms with Gasteiger partial charge in [0, 0.05) is 5.56 Å². The Morgan fingerprint density at radius 1 is 1.16 bits per heavy atom. The molecule has 0 aliphatic carbocycles. The van der Waals surface area contributed by atoms with Gasteiger partial charge < -0.3 is 10.4 Å². The summed E-state index contributed by atoms with van der Waals surface area (Å²) >= 11 is 0. The Labute approximate surface area is 110 Å². The monoisotopic (exact) mass is 259 g/mol. The Kier molecular flexibility index (Phi) is 3.80. The predicted molar refractivity (Wildman–Crippen MR) is 70.4 cm³/mol. The van der Waals surface area contributed by atoms with E-state index in [2.05, 4.69) is 5.32 Å². The lowest BCUT2D eigenvalue weighted by Gasteiger charge is -2.15. The molecular formula is C15H14FNO2. The van der Waals surface area contributed by atoms with Crippen molar-refractivity contribution < 1.29 is 14.3 Å². The lowest BCUT2D eigenvalue weighted by atomic mass is 10.1. The minimum Gasteiger partial charge on any atom is -0.507 e. The summed E-state index contributed by atoms with van der Waals surface area (Å²) in [6, 6.07) is 12.0. The van der Waals surface area contributed by atoms with Crippen LogP contribution < -0.4 is 5.32 Å².